The van der Waals surface area contributed by atoms with E-state index in [1.54, 1.807) is 23.1 Å². The summed E-state index contributed by atoms with van der Waals surface area (Å²) in [5.74, 6) is 0.812. The van der Waals surface area contributed by atoms with E-state index in [0.29, 0.717) is 13.1 Å². The van der Waals surface area contributed by atoms with E-state index in [1.807, 2.05) is 85.8 Å². The Bertz CT molecular complexity index is 1400. The summed E-state index contributed by atoms with van der Waals surface area (Å²) in [5, 5.41) is 24.6. The predicted octanol–water partition coefficient (Wildman–Crippen LogP) is 5.92. The Balaban J connectivity index is 1.24. The zero-order valence-corrected chi connectivity index (χ0v) is 24.7. The van der Waals surface area contributed by atoms with Gasteiger partial charge in [0.15, 0.2) is 10.6 Å². The molecule has 1 aliphatic heterocycles. The number of aliphatic hydroxyl groups excluding tert-OH is 1. The average molecular weight is 591 g/mol. The molecule has 5 rings (SSSR count). The lowest BCUT2D eigenvalue weighted by Crippen LogP contribution is -2.38. The van der Waals surface area contributed by atoms with E-state index in [2.05, 4.69) is 27.8 Å². The summed E-state index contributed by atoms with van der Waals surface area (Å²) in [6.07, 6.45) is -0.815. The summed E-state index contributed by atoms with van der Waals surface area (Å²) in [7, 11) is 0. The van der Waals surface area contributed by atoms with Gasteiger partial charge in [0.2, 0.25) is 0 Å². The van der Waals surface area contributed by atoms with Gasteiger partial charge >= 0.3 is 6.03 Å². The van der Waals surface area contributed by atoms with Gasteiger partial charge in [-0.2, -0.15) is 0 Å². The molecule has 1 saturated heterocycles. The third kappa shape index (κ3) is 7.93. The molecule has 0 aliphatic carbocycles. The maximum atomic E-state index is 12.3. The van der Waals surface area contributed by atoms with Crippen LogP contribution in [-0.2, 0) is 29.2 Å². The van der Waals surface area contributed by atoms with Gasteiger partial charge in [-0.3, -0.25) is 0 Å². The standard InChI is InChI=1S/C31H34N4O4S2/c1-20-27(19-40-31-35-34-21(2)41-31)38-29(39-28(20)25-12-10-24(18-36)11-13-25)26-14-8-23(9-15-26)17-33-30(37)32-16-22-6-4-3-5-7-22/h3-15,20,27-29,36H,16-19H2,1-2H3,(H2,32,33,37)/t20-,27+,28+,29+/m1/s1. The predicted molar refractivity (Wildman–Crippen MR) is 160 cm³/mol. The molecule has 1 aliphatic rings. The number of rotatable bonds is 10. The van der Waals surface area contributed by atoms with E-state index in [-0.39, 0.29) is 30.8 Å². The van der Waals surface area contributed by atoms with E-state index in [4.69, 9.17) is 9.47 Å². The minimum absolute atomic E-state index is 0.00349. The summed E-state index contributed by atoms with van der Waals surface area (Å²) in [6.45, 7) is 4.99. The zero-order chi connectivity index (χ0) is 28.6. The summed E-state index contributed by atoms with van der Waals surface area (Å²) < 4.78 is 14.0. The number of ether oxygens (including phenoxy) is 2. The Kier molecular flexibility index (Phi) is 10.0. The summed E-state index contributed by atoms with van der Waals surface area (Å²) in [6, 6.07) is 25.4. The minimum atomic E-state index is -0.549. The van der Waals surface area contributed by atoms with Crippen molar-refractivity contribution in [3.8, 4) is 0 Å². The lowest BCUT2D eigenvalue weighted by Gasteiger charge is -2.41. The van der Waals surface area contributed by atoms with Gasteiger partial charge in [0.05, 0.1) is 18.8 Å². The SMILES string of the molecule is Cc1nnc(SC[C@@H]2O[C@H](c3ccc(CNC(=O)NCc4ccccc4)cc3)O[C@H](c3ccc(CO)cc3)[C@@H]2C)s1. The molecule has 41 heavy (non-hydrogen) atoms. The fourth-order valence-corrected chi connectivity index (χ4v) is 6.62. The molecule has 8 nitrogen and oxygen atoms in total. The highest BCUT2D eigenvalue weighted by molar-refractivity contribution is 8.01. The van der Waals surface area contributed by atoms with Gasteiger partial charge in [-0.05, 0) is 29.2 Å². The number of aryl methyl sites for hydroxylation is 1. The third-order valence-electron chi connectivity index (χ3n) is 7.00. The summed E-state index contributed by atoms with van der Waals surface area (Å²) in [4.78, 5) is 12.3. The van der Waals surface area contributed by atoms with Gasteiger partial charge in [-0.15, -0.1) is 10.2 Å². The number of nitrogens with one attached hydrogen (secondary N) is 2. The van der Waals surface area contributed by atoms with Crippen molar-refractivity contribution in [2.24, 2.45) is 5.92 Å². The molecule has 4 atom stereocenters. The van der Waals surface area contributed by atoms with E-state index in [0.717, 1.165) is 42.9 Å². The van der Waals surface area contributed by atoms with Crippen LogP contribution in [0.3, 0.4) is 0 Å². The van der Waals surface area contributed by atoms with Crippen LogP contribution >= 0.6 is 23.1 Å². The molecule has 3 aromatic carbocycles. The highest BCUT2D eigenvalue weighted by atomic mass is 32.2. The van der Waals surface area contributed by atoms with Crippen molar-refractivity contribution in [1.29, 1.82) is 0 Å². The highest BCUT2D eigenvalue weighted by Crippen LogP contribution is 2.43. The van der Waals surface area contributed by atoms with Gasteiger partial charge in [0, 0.05) is 30.3 Å². The number of carbonyl (C=O) groups is 1. The minimum Gasteiger partial charge on any atom is -0.392 e. The van der Waals surface area contributed by atoms with Crippen LogP contribution in [0.25, 0.3) is 0 Å². The molecule has 0 saturated carbocycles. The lowest BCUT2D eigenvalue weighted by molar-refractivity contribution is -0.268. The smallest absolute Gasteiger partial charge is 0.315 e. The fourth-order valence-electron chi connectivity index (χ4n) is 4.62. The largest absolute Gasteiger partial charge is 0.392 e. The number of hydrogen-bond donors (Lipinski definition) is 3. The molecule has 10 heteroatoms. The molecule has 2 heterocycles. The van der Waals surface area contributed by atoms with Gasteiger partial charge in [0.25, 0.3) is 0 Å². The van der Waals surface area contributed by atoms with Crippen LogP contribution in [0.4, 0.5) is 4.79 Å². The number of aromatic nitrogens is 2. The topological polar surface area (TPSA) is 106 Å². The van der Waals surface area contributed by atoms with E-state index >= 15 is 0 Å². The number of urea groups is 1. The van der Waals surface area contributed by atoms with Crippen LogP contribution in [0.15, 0.2) is 83.2 Å². The Morgan fingerprint density at radius 1 is 0.878 bits per heavy atom. The summed E-state index contributed by atoms with van der Waals surface area (Å²) in [5.41, 5.74) is 4.84. The van der Waals surface area contributed by atoms with Crippen molar-refractivity contribution < 1.29 is 19.4 Å². The van der Waals surface area contributed by atoms with E-state index < -0.39 is 6.29 Å². The number of thioether (sulfide) groups is 1. The van der Waals surface area contributed by atoms with E-state index in [1.165, 1.54) is 0 Å². The highest BCUT2D eigenvalue weighted by Gasteiger charge is 2.38. The number of amides is 2. The lowest BCUT2D eigenvalue weighted by atomic mass is 9.91. The second-order valence-electron chi connectivity index (χ2n) is 9.98. The van der Waals surface area contributed by atoms with Crippen molar-refractivity contribution in [1.82, 2.24) is 20.8 Å². The molecular formula is C31H34N4O4S2. The van der Waals surface area contributed by atoms with Gasteiger partial charge in [-0.1, -0.05) is 109 Å². The number of benzene rings is 3. The van der Waals surface area contributed by atoms with Crippen LogP contribution in [0.1, 0.15) is 52.1 Å². The van der Waals surface area contributed by atoms with Crippen molar-refractivity contribution in [3.63, 3.8) is 0 Å². The maximum Gasteiger partial charge on any atom is 0.315 e. The molecular weight excluding hydrogens is 556 g/mol. The quantitative estimate of drug-likeness (QED) is 0.197. The normalized spacial score (nSPS) is 20.5. The molecule has 1 fully saturated rings. The average Bonchev–Trinajstić information content (AvgIpc) is 3.44. The number of aliphatic hydroxyl groups is 1. The first kappa shape index (κ1) is 29.2. The molecule has 2 amide bonds. The molecule has 4 aromatic rings. The molecule has 0 bridgehead atoms. The molecule has 214 valence electrons. The number of carbonyl (C=O) groups excluding carboxylic acids is 1. The monoisotopic (exact) mass is 590 g/mol. The van der Waals surface area contributed by atoms with E-state index in [9.17, 15) is 9.90 Å². The van der Waals surface area contributed by atoms with Crippen LogP contribution in [-0.4, -0.2) is 33.2 Å². The van der Waals surface area contributed by atoms with Crippen LogP contribution in [0.2, 0.25) is 0 Å². The Hall–Kier alpha value is -3.28. The third-order valence-corrected chi connectivity index (χ3v) is 9.06. The van der Waals surface area contributed by atoms with Crippen LogP contribution < -0.4 is 10.6 Å². The van der Waals surface area contributed by atoms with Crippen molar-refractivity contribution >= 4 is 29.1 Å². The molecule has 0 unspecified atom stereocenters. The zero-order valence-electron chi connectivity index (χ0n) is 23.0. The number of hydrogen-bond acceptors (Lipinski definition) is 8. The molecule has 0 radical (unpaired) electrons. The Labute approximate surface area is 248 Å². The molecule has 1 aromatic heterocycles. The first-order chi connectivity index (χ1) is 20.0. The van der Waals surface area contributed by atoms with Crippen LogP contribution in [0.5, 0.6) is 0 Å². The van der Waals surface area contributed by atoms with Gasteiger partial charge < -0.3 is 25.2 Å². The first-order valence-electron chi connectivity index (χ1n) is 13.6. The van der Waals surface area contributed by atoms with Gasteiger partial charge in [0.1, 0.15) is 5.01 Å². The van der Waals surface area contributed by atoms with Gasteiger partial charge in [-0.25, -0.2) is 4.79 Å². The molecule has 0 spiro atoms. The maximum absolute atomic E-state index is 12.3. The number of nitrogens with zero attached hydrogens (tertiary/aromatic N) is 2. The fraction of sp³-hybridized carbons (Fsp3) is 0.323. The second-order valence-corrected chi connectivity index (χ2v) is 12.4. The van der Waals surface area contributed by atoms with Crippen LogP contribution in [0, 0.1) is 12.8 Å². The van der Waals surface area contributed by atoms with Crippen molar-refractivity contribution in [3.05, 3.63) is 112 Å². The molecule has 3 N–H and O–H groups in total. The summed E-state index contributed by atoms with van der Waals surface area (Å²) >= 11 is 3.23. The first-order valence-corrected chi connectivity index (χ1v) is 15.4. The Morgan fingerprint density at radius 2 is 1.51 bits per heavy atom. The van der Waals surface area contributed by atoms with Crippen molar-refractivity contribution in [2.75, 3.05) is 5.75 Å². The van der Waals surface area contributed by atoms with Crippen molar-refractivity contribution in [2.45, 2.75) is 56.4 Å². The second kappa shape index (κ2) is 14.1. The Morgan fingerprint density at radius 3 is 2.15 bits per heavy atom.